The molecule has 0 atom stereocenters. The summed E-state index contributed by atoms with van der Waals surface area (Å²) in [6.07, 6.45) is 4.47. The lowest BCUT2D eigenvalue weighted by molar-refractivity contribution is 0.0947. The van der Waals surface area contributed by atoms with Gasteiger partial charge in [-0.05, 0) is 37.1 Å². The molecule has 0 aliphatic rings. The molecule has 4 rings (SSSR count). The number of aryl methyl sites for hydroxylation is 1. The van der Waals surface area contributed by atoms with Gasteiger partial charge >= 0.3 is 0 Å². The van der Waals surface area contributed by atoms with E-state index in [2.05, 4.69) is 21.4 Å². The number of carbonyl (C=O) groups excluding carboxylic acids is 1. The summed E-state index contributed by atoms with van der Waals surface area (Å²) in [7, 11) is 0. The fourth-order valence-corrected chi connectivity index (χ4v) is 3.30. The number of benzene rings is 1. The molecule has 0 spiro atoms. The minimum Gasteiger partial charge on any atom is -0.361 e. The van der Waals surface area contributed by atoms with Crippen LogP contribution in [-0.2, 0) is 6.42 Å². The summed E-state index contributed by atoms with van der Waals surface area (Å²) in [5.74, 6) is -0.146. The third-order valence-corrected chi connectivity index (χ3v) is 4.55. The Bertz CT molecular complexity index is 1080. The van der Waals surface area contributed by atoms with E-state index in [1.807, 2.05) is 31.3 Å². The van der Waals surface area contributed by atoms with Gasteiger partial charge in [0.2, 0.25) is 0 Å². The Labute approximate surface area is 149 Å². The molecule has 0 fully saturated rings. The third-order valence-electron chi connectivity index (χ3n) is 4.33. The Hall–Kier alpha value is -2.79. The smallest absolute Gasteiger partial charge is 0.270 e. The number of nitrogens with zero attached hydrogens (tertiary/aromatic N) is 2. The van der Waals surface area contributed by atoms with E-state index in [0.29, 0.717) is 28.6 Å². The molecule has 0 saturated heterocycles. The number of aromatic amines is 1. The largest absolute Gasteiger partial charge is 0.361 e. The number of amides is 1. The molecular formula is C19H17ClN4O. The number of carbonyl (C=O) groups is 1. The van der Waals surface area contributed by atoms with Crippen molar-refractivity contribution in [1.82, 2.24) is 19.7 Å². The quantitative estimate of drug-likeness (QED) is 0.587. The first-order valence-electron chi connectivity index (χ1n) is 8.11. The fourth-order valence-electron chi connectivity index (χ4n) is 3.14. The summed E-state index contributed by atoms with van der Waals surface area (Å²) in [6, 6.07) is 11.7. The van der Waals surface area contributed by atoms with Crippen LogP contribution in [0.15, 0.2) is 48.8 Å². The number of nitrogens with one attached hydrogen (secondary N) is 2. The molecule has 1 aromatic carbocycles. The predicted molar refractivity (Wildman–Crippen MR) is 99.3 cm³/mol. The highest BCUT2D eigenvalue weighted by Crippen LogP contribution is 2.18. The van der Waals surface area contributed by atoms with Crippen LogP contribution in [0.2, 0.25) is 5.02 Å². The maximum Gasteiger partial charge on any atom is 0.270 e. The second kappa shape index (κ2) is 6.26. The lowest BCUT2D eigenvalue weighted by Crippen LogP contribution is -2.27. The summed E-state index contributed by atoms with van der Waals surface area (Å²) in [5.41, 5.74) is 4.22. The number of rotatable bonds is 4. The van der Waals surface area contributed by atoms with Crippen molar-refractivity contribution in [2.45, 2.75) is 13.3 Å². The van der Waals surface area contributed by atoms with E-state index in [0.717, 1.165) is 11.9 Å². The first kappa shape index (κ1) is 15.7. The molecule has 1 amide bonds. The normalized spacial score (nSPS) is 11.3. The van der Waals surface area contributed by atoms with Gasteiger partial charge in [0.05, 0.1) is 10.7 Å². The molecular weight excluding hydrogens is 336 g/mol. The second-order valence-corrected chi connectivity index (χ2v) is 6.42. The Kier molecular flexibility index (Phi) is 3.93. The maximum absolute atomic E-state index is 12.6. The molecule has 2 N–H and O–H groups in total. The molecule has 6 heteroatoms. The van der Waals surface area contributed by atoms with E-state index >= 15 is 0 Å². The molecule has 0 unspecified atom stereocenters. The number of halogens is 1. The molecule has 0 aliphatic heterocycles. The molecule has 126 valence electrons. The van der Waals surface area contributed by atoms with Crippen molar-refractivity contribution >= 4 is 34.1 Å². The fraction of sp³-hybridized carbons (Fsp3) is 0.158. The van der Waals surface area contributed by atoms with Crippen LogP contribution in [-0.4, -0.2) is 26.8 Å². The monoisotopic (exact) mass is 352 g/mol. The number of hydrogen-bond acceptors (Lipinski definition) is 2. The number of aromatic nitrogens is 3. The topological polar surface area (TPSA) is 62.2 Å². The van der Waals surface area contributed by atoms with Gasteiger partial charge in [0, 0.05) is 29.8 Å². The molecule has 0 radical (unpaired) electrons. The Morgan fingerprint density at radius 3 is 3.00 bits per heavy atom. The third kappa shape index (κ3) is 2.87. The van der Waals surface area contributed by atoms with Crippen LogP contribution in [0, 0.1) is 6.92 Å². The molecule has 3 heterocycles. The van der Waals surface area contributed by atoms with Crippen molar-refractivity contribution in [3.63, 3.8) is 0 Å². The van der Waals surface area contributed by atoms with Gasteiger partial charge in [-0.1, -0.05) is 29.8 Å². The molecule has 4 aromatic rings. The summed E-state index contributed by atoms with van der Waals surface area (Å²) in [6.45, 7) is 2.38. The second-order valence-electron chi connectivity index (χ2n) is 5.99. The lowest BCUT2D eigenvalue weighted by atomic mass is 10.1. The van der Waals surface area contributed by atoms with E-state index < -0.39 is 0 Å². The minimum atomic E-state index is -0.146. The van der Waals surface area contributed by atoms with Gasteiger partial charge in [0.1, 0.15) is 11.3 Å². The Morgan fingerprint density at radius 2 is 2.12 bits per heavy atom. The SMILES string of the molecule is Cc1nc2ccc(Cl)cn2c1C(=O)NCCc1c[nH]c2ccccc12. The highest BCUT2D eigenvalue weighted by Gasteiger charge is 2.16. The van der Waals surface area contributed by atoms with E-state index in [1.54, 1.807) is 22.7 Å². The summed E-state index contributed by atoms with van der Waals surface area (Å²) in [4.78, 5) is 20.3. The molecule has 0 bridgehead atoms. The van der Waals surface area contributed by atoms with E-state index in [1.165, 1.54) is 10.9 Å². The number of H-pyrrole nitrogens is 1. The predicted octanol–water partition coefficient (Wildman–Crippen LogP) is 3.75. The van der Waals surface area contributed by atoms with Gasteiger partial charge in [0.15, 0.2) is 0 Å². The zero-order chi connectivity index (χ0) is 17.4. The van der Waals surface area contributed by atoms with Gasteiger partial charge in [-0.15, -0.1) is 0 Å². The number of hydrogen-bond donors (Lipinski definition) is 2. The van der Waals surface area contributed by atoms with E-state index in [4.69, 9.17) is 11.6 Å². The zero-order valence-corrected chi connectivity index (χ0v) is 14.5. The maximum atomic E-state index is 12.6. The average Bonchev–Trinajstić information content (AvgIpc) is 3.15. The number of para-hydroxylation sites is 1. The average molecular weight is 353 g/mol. The number of pyridine rings is 1. The van der Waals surface area contributed by atoms with Crippen molar-refractivity contribution < 1.29 is 4.79 Å². The summed E-state index contributed by atoms with van der Waals surface area (Å²) < 4.78 is 1.73. The van der Waals surface area contributed by atoms with Crippen molar-refractivity contribution in [1.29, 1.82) is 0 Å². The van der Waals surface area contributed by atoms with Crippen LogP contribution in [0.5, 0.6) is 0 Å². The molecule has 0 aliphatic carbocycles. The summed E-state index contributed by atoms with van der Waals surface area (Å²) >= 11 is 6.05. The molecule has 5 nitrogen and oxygen atoms in total. The summed E-state index contributed by atoms with van der Waals surface area (Å²) in [5, 5.41) is 4.74. The van der Waals surface area contributed by atoms with Crippen LogP contribution in [0.4, 0.5) is 0 Å². The first-order valence-corrected chi connectivity index (χ1v) is 8.48. The zero-order valence-electron chi connectivity index (χ0n) is 13.7. The van der Waals surface area contributed by atoms with Crippen molar-refractivity contribution in [2.75, 3.05) is 6.54 Å². The molecule has 3 aromatic heterocycles. The van der Waals surface area contributed by atoms with Crippen molar-refractivity contribution in [3.8, 4) is 0 Å². The van der Waals surface area contributed by atoms with Gasteiger partial charge in [0.25, 0.3) is 5.91 Å². The van der Waals surface area contributed by atoms with Crippen molar-refractivity contribution in [2.24, 2.45) is 0 Å². The van der Waals surface area contributed by atoms with Crippen LogP contribution >= 0.6 is 11.6 Å². The van der Waals surface area contributed by atoms with E-state index in [-0.39, 0.29) is 5.91 Å². The number of imidazole rings is 1. The Balaban J connectivity index is 1.51. The standard InChI is InChI=1S/C19H17ClN4O/c1-12-18(24-11-14(20)6-7-17(24)23-12)19(25)21-9-8-13-10-22-16-5-3-2-4-15(13)16/h2-7,10-11,22H,8-9H2,1H3,(H,21,25). The van der Waals surface area contributed by atoms with Gasteiger partial charge < -0.3 is 10.3 Å². The van der Waals surface area contributed by atoms with Crippen LogP contribution in [0.1, 0.15) is 21.7 Å². The molecule has 25 heavy (non-hydrogen) atoms. The minimum absolute atomic E-state index is 0.146. The van der Waals surface area contributed by atoms with Gasteiger partial charge in [-0.2, -0.15) is 0 Å². The van der Waals surface area contributed by atoms with Gasteiger partial charge in [-0.3, -0.25) is 9.20 Å². The van der Waals surface area contributed by atoms with Crippen molar-refractivity contribution in [3.05, 3.63) is 70.8 Å². The van der Waals surface area contributed by atoms with Crippen LogP contribution < -0.4 is 5.32 Å². The lowest BCUT2D eigenvalue weighted by Gasteiger charge is -2.06. The van der Waals surface area contributed by atoms with Crippen LogP contribution in [0.3, 0.4) is 0 Å². The highest BCUT2D eigenvalue weighted by molar-refractivity contribution is 6.30. The number of fused-ring (bicyclic) bond motifs is 2. The molecule has 0 saturated carbocycles. The van der Waals surface area contributed by atoms with E-state index in [9.17, 15) is 4.79 Å². The first-order chi connectivity index (χ1) is 12.1. The van der Waals surface area contributed by atoms with Crippen LogP contribution in [0.25, 0.3) is 16.6 Å². The highest BCUT2D eigenvalue weighted by atomic mass is 35.5. The van der Waals surface area contributed by atoms with Gasteiger partial charge in [-0.25, -0.2) is 4.98 Å². The Morgan fingerprint density at radius 1 is 1.28 bits per heavy atom.